The summed E-state index contributed by atoms with van der Waals surface area (Å²) in [6.45, 7) is 2.07. The predicted octanol–water partition coefficient (Wildman–Crippen LogP) is 2.87. The highest BCUT2D eigenvalue weighted by Gasteiger charge is 2.45. The summed E-state index contributed by atoms with van der Waals surface area (Å²) >= 11 is 1.37. The van der Waals surface area contributed by atoms with Crippen LogP contribution < -0.4 is 5.32 Å². The number of nitrogens with one attached hydrogen (secondary N) is 1. The highest BCUT2D eigenvalue weighted by atomic mass is 32.1. The van der Waals surface area contributed by atoms with Crippen LogP contribution in [0.15, 0.2) is 36.0 Å². The highest BCUT2D eigenvalue weighted by Crippen LogP contribution is 2.45. The Morgan fingerprint density at radius 3 is 2.89 bits per heavy atom. The second-order valence-electron chi connectivity index (χ2n) is 4.77. The minimum absolute atomic E-state index is 0.0171. The minimum Gasteiger partial charge on any atom is -0.342 e. The van der Waals surface area contributed by atoms with Gasteiger partial charge in [-0.1, -0.05) is 29.8 Å². The van der Waals surface area contributed by atoms with Gasteiger partial charge < -0.3 is 5.32 Å². The number of benzene rings is 1. The van der Waals surface area contributed by atoms with Crippen molar-refractivity contribution in [3.8, 4) is 0 Å². The van der Waals surface area contributed by atoms with Crippen molar-refractivity contribution in [3.63, 3.8) is 0 Å². The van der Waals surface area contributed by atoms with E-state index >= 15 is 0 Å². The Bertz CT molecular complexity index is 573. The standard InChI is InChI=1S/C14H14N2OS/c1-10-3-2-4-11(7-10)14(5-6-14)16-13(17)12-8-15-9-18-12/h2-4,7-9H,5-6H2,1H3,(H,16,17). The van der Waals surface area contributed by atoms with Crippen LogP contribution in [0.1, 0.15) is 33.6 Å². The topological polar surface area (TPSA) is 42.0 Å². The second-order valence-corrected chi connectivity index (χ2v) is 5.66. The summed E-state index contributed by atoms with van der Waals surface area (Å²) in [5.41, 5.74) is 3.97. The van der Waals surface area contributed by atoms with Crippen molar-refractivity contribution in [1.29, 1.82) is 0 Å². The zero-order valence-corrected chi connectivity index (χ0v) is 11.0. The number of aromatic nitrogens is 1. The molecule has 0 atom stereocenters. The van der Waals surface area contributed by atoms with E-state index in [4.69, 9.17) is 0 Å². The SMILES string of the molecule is Cc1cccc(C2(NC(=O)c3cncs3)CC2)c1. The minimum atomic E-state index is -0.146. The van der Waals surface area contributed by atoms with Crippen LogP contribution in [0.5, 0.6) is 0 Å². The van der Waals surface area contributed by atoms with Crippen LogP contribution in [0, 0.1) is 6.92 Å². The van der Waals surface area contributed by atoms with Crippen LogP contribution in [0.4, 0.5) is 0 Å². The average molecular weight is 258 g/mol. The molecule has 2 aromatic rings. The van der Waals surface area contributed by atoms with Gasteiger partial charge in [-0.15, -0.1) is 11.3 Å². The fourth-order valence-electron chi connectivity index (χ4n) is 2.16. The quantitative estimate of drug-likeness (QED) is 0.919. The third-order valence-corrected chi connectivity index (χ3v) is 4.10. The van der Waals surface area contributed by atoms with Crippen LogP contribution in [-0.2, 0) is 5.54 Å². The van der Waals surface area contributed by atoms with E-state index in [2.05, 4.69) is 35.4 Å². The van der Waals surface area contributed by atoms with E-state index in [1.807, 2.05) is 6.07 Å². The van der Waals surface area contributed by atoms with Gasteiger partial charge in [0.15, 0.2) is 0 Å². The summed E-state index contributed by atoms with van der Waals surface area (Å²) in [5.74, 6) is -0.0171. The smallest absolute Gasteiger partial charge is 0.263 e. The van der Waals surface area contributed by atoms with Crippen LogP contribution in [0.3, 0.4) is 0 Å². The molecule has 1 heterocycles. The van der Waals surface area contributed by atoms with E-state index in [1.165, 1.54) is 22.5 Å². The summed E-state index contributed by atoms with van der Waals surface area (Å²) < 4.78 is 0. The number of hydrogen-bond acceptors (Lipinski definition) is 3. The zero-order valence-electron chi connectivity index (χ0n) is 10.1. The summed E-state index contributed by atoms with van der Waals surface area (Å²) in [4.78, 5) is 16.7. The first kappa shape index (κ1) is 11.4. The van der Waals surface area contributed by atoms with E-state index < -0.39 is 0 Å². The lowest BCUT2D eigenvalue weighted by Gasteiger charge is -2.17. The number of amides is 1. The van der Waals surface area contributed by atoms with Crippen molar-refractivity contribution in [3.05, 3.63) is 52.0 Å². The summed E-state index contributed by atoms with van der Waals surface area (Å²) in [6, 6.07) is 8.36. The molecule has 1 fully saturated rings. The van der Waals surface area contributed by atoms with Crippen LogP contribution in [-0.4, -0.2) is 10.9 Å². The molecule has 4 heteroatoms. The van der Waals surface area contributed by atoms with Gasteiger partial charge in [0, 0.05) is 0 Å². The largest absolute Gasteiger partial charge is 0.342 e. The van der Waals surface area contributed by atoms with Gasteiger partial charge in [-0.3, -0.25) is 9.78 Å². The molecular weight excluding hydrogens is 244 g/mol. The highest BCUT2D eigenvalue weighted by molar-refractivity contribution is 7.11. The first-order chi connectivity index (χ1) is 8.70. The lowest BCUT2D eigenvalue weighted by atomic mass is 10.0. The molecule has 0 radical (unpaired) electrons. The van der Waals surface area contributed by atoms with Crippen LogP contribution in [0.2, 0.25) is 0 Å². The van der Waals surface area contributed by atoms with Crippen molar-refractivity contribution in [2.24, 2.45) is 0 Å². The Kier molecular flexibility index (Phi) is 2.67. The van der Waals surface area contributed by atoms with Gasteiger partial charge in [-0.2, -0.15) is 0 Å². The Morgan fingerprint density at radius 1 is 1.44 bits per heavy atom. The third-order valence-electron chi connectivity index (χ3n) is 3.33. The van der Waals surface area contributed by atoms with Gasteiger partial charge in [-0.25, -0.2) is 0 Å². The third kappa shape index (κ3) is 2.04. The molecule has 1 aliphatic carbocycles. The van der Waals surface area contributed by atoms with Gasteiger partial charge in [-0.05, 0) is 25.3 Å². The summed E-state index contributed by atoms with van der Waals surface area (Å²) in [5, 5.41) is 3.14. The predicted molar refractivity (Wildman–Crippen MR) is 71.7 cm³/mol. The number of hydrogen-bond donors (Lipinski definition) is 1. The summed E-state index contributed by atoms with van der Waals surface area (Å²) in [6.07, 6.45) is 3.65. The molecule has 1 aromatic heterocycles. The average Bonchev–Trinajstić information content (AvgIpc) is 2.93. The Balaban J connectivity index is 1.82. The fraction of sp³-hybridized carbons (Fsp3) is 0.286. The molecule has 1 saturated carbocycles. The van der Waals surface area contributed by atoms with E-state index in [0.717, 1.165) is 12.8 Å². The molecule has 1 amide bonds. The van der Waals surface area contributed by atoms with Crippen molar-refractivity contribution in [1.82, 2.24) is 10.3 Å². The van der Waals surface area contributed by atoms with E-state index in [9.17, 15) is 4.79 Å². The van der Waals surface area contributed by atoms with Gasteiger partial charge in [0.25, 0.3) is 5.91 Å². The maximum Gasteiger partial charge on any atom is 0.263 e. The second kappa shape index (κ2) is 4.21. The molecule has 1 aliphatic rings. The lowest BCUT2D eigenvalue weighted by molar-refractivity contribution is 0.0934. The maximum absolute atomic E-state index is 12.1. The van der Waals surface area contributed by atoms with Crippen LogP contribution in [0.25, 0.3) is 0 Å². The van der Waals surface area contributed by atoms with Gasteiger partial charge >= 0.3 is 0 Å². The first-order valence-electron chi connectivity index (χ1n) is 5.98. The molecule has 3 nitrogen and oxygen atoms in total. The molecule has 18 heavy (non-hydrogen) atoms. The normalized spacial score (nSPS) is 16.3. The Morgan fingerprint density at radius 2 is 2.28 bits per heavy atom. The Labute approximate surface area is 110 Å². The summed E-state index contributed by atoms with van der Waals surface area (Å²) in [7, 11) is 0. The lowest BCUT2D eigenvalue weighted by Crippen LogP contribution is -2.34. The molecule has 0 bridgehead atoms. The van der Waals surface area contributed by atoms with Gasteiger partial charge in [0.05, 0.1) is 17.2 Å². The molecular formula is C14H14N2OS. The number of rotatable bonds is 3. The maximum atomic E-state index is 12.1. The van der Waals surface area contributed by atoms with Gasteiger partial charge in [0.2, 0.25) is 0 Å². The number of aryl methyl sites for hydroxylation is 1. The molecule has 0 unspecified atom stereocenters. The number of carbonyl (C=O) groups excluding carboxylic acids is 1. The van der Waals surface area contributed by atoms with Crippen molar-refractivity contribution in [2.75, 3.05) is 0 Å². The van der Waals surface area contributed by atoms with Crippen molar-refractivity contribution < 1.29 is 4.79 Å². The van der Waals surface area contributed by atoms with E-state index in [-0.39, 0.29) is 11.4 Å². The number of nitrogens with zero attached hydrogens (tertiary/aromatic N) is 1. The van der Waals surface area contributed by atoms with E-state index in [0.29, 0.717) is 4.88 Å². The zero-order chi connectivity index (χ0) is 12.6. The molecule has 0 spiro atoms. The molecule has 3 rings (SSSR count). The Hall–Kier alpha value is -1.68. The molecule has 1 aromatic carbocycles. The fourth-order valence-corrected chi connectivity index (χ4v) is 2.68. The van der Waals surface area contributed by atoms with Crippen molar-refractivity contribution >= 4 is 17.2 Å². The van der Waals surface area contributed by atoms with Crippen LogP contribution >= 0.6 is 11.3 Å². The molecule has 0 aliphatic heterocycles. The first-order valence-corrected chi connectivity index (χ1v) is 6.86. The molecule has 1 N–H and O–H groups in total. The van der Waals surface area contributed by atoms with Gasteiger partial charge in [0.1, 0.15) is 4.88 Å². The monoisotopic (exact) mass is 258 g/mol. The number of carbonyl (C=O) groups is 1. The molecule has 0 saturated heterocycles. The molecule has 92 valence electrons. The number of thiazole rings is 1. The van der Waals surface area contributed by atoms with Crippen molar-refractivity contribution in [2.45, 2.75) is 25.3 Å². The van der Waals surface area contributed by atoms with E-state index in [1.54, 1.807) is 11.7 Å².